The Labute approximate surface area is 94.5 Å². The van der Waals surface area contributed by atoms with E-state index in [-0.39, 0.29) is 12.0 Å². The van der Waals surface area contributed by atoms with E-state index in [1.54, 1.807) is 22.9 Å². The third-order valence-corrected chi connectivity index (χ3v) is 2.27. The van der Waals surface area contributed by atoms with Gasteiger partial charge in [-0.15, -0.1) is 0 Å². The Morgan fingerprint density at radius 3 is 2.75 bits per heavy atom. The summed E-state index contributed by atoms with van der Waals surface area (Å²) in [5.41, 5.74) is 0.503. The van der Waals surface area contributed by atoms with Gasteiger partial charge < -0.3 is 9.67 Å². The van der Waals surface area contributed by atoms with Crippen molar-refractivity contribution in [2.45, 2.75) is 33.2 Å². The van der Waals surface area contributed by atoms with Gasteiger partial charge in [0.1, 0.15) is 0 Å². The van der Waals surface area contributed by atoms with Gasteiger partial charge in [-0.2, -0.15) is 0 Å². The van der Waals surface area contributed by atoms with Gasteiger partial charge in [0.25, 0.3) is 5.56 Å². The van der Waals surface area contributed by atoms with E-state index in [4.69, 9.17) is 5.11 Å². The number of rotatable bonds is 5. The van der Waals surface area contributed by atoms with Gasteiger partial charge in [-0.25, -0.2) is 0 Å². The van der Waals surface area contributed by atoms with Crippen molar-refractivity contribution in [2.75, 3.05) is 0 Å². The molecule has 0 saturated carbocycles. The fourth-order valence-corrected chi connectivity index (χ4v) is 1.56. The first-order valence-electron chi connectivity index (χ1n) is 5.41. The van der Waals surface area contributed by atoms with E-state index in [9.17, 15) is 9.59 Å². The lowest BCUT2D eigenvalue weighted by Crippen LogP contribution is -2.25. The molecule has 88 valence electrons. The molecule has 4 heteroatoms. The zero-order valence-electron chi connectivity index (χ0n) is 9.64. The van der Waals surface area contributed by atoms with Gasteiger partial charge in [0, 0.05) is 24.7 Å². The van der Waals surface area contributed by atoms with Crippen molar-refractivity contribution < 1.29 is 9.90 Å². The van der Waals surface area contributed by atoms with Gasteiger partial charge in [-0.05, 0) is 18.4 Å². The summed E-state index contributed by atoms with van der Waals surface area (Å²) in [6, 6.07) is 3.49. The van der Waals surface area contributed by atoms with Crippen molar-refractivity contribution >= 4 is 5.97 Å². The molecule has 0 aliphatic heterocycles. The largest absolute Gasteiger partial charge is 0.481 e. The van der Waals surface area contributed by atoms with Crippen LogP contribution in [0.2, 0.25) is 0 Å². The molecule has 0 unspecified atom stereocenters. The maximum atomic E-state index is 11.9. The maximum absolute atomic E-state index is 11.9. The zero-order valence-corrected chi connectivity index (χ0v) is 9.64. The maximum Gasteiger partial charge on any atom is 0.303 e. The number of carboxylic acids is 1. The molecule has 0 radical (unpaired) electrons. The van der Waals surface area contributed by atoms with Crippen LogP contribution in [0.1, 0.15) is 25.8 Å². The first-order valence-corrected chi connectivity index (χ1v) is 5.41. The minimum atomic E-state index is -0.876. The second-order valence-electron chi connectivity index (χ2n) is 4.28. The molecule has 1 aromatic rings. The lowest BCUT2D eigenvalue weighted by atomic mass is 10.1. The summed E-state index contributed by atoms with van der Waals surface area (Å²) in [4.78, 5) is 22.3. The summed E-state index contributed by atoms with van der Waals surface area (Å²) >= 11 is 0. The second kappa shape index (κ2) is 5.49. The van der Waals surface area contributed by atoms with Crippen LogP contribution in [0.15, 0.2) is 23.1 Å². The van der Waals surface area contributed by atoms with Crippen molar-refractivity contribution in [1.82, 2.24) is 4.57 Å². The average Bonchev–Trinajstić information content (AvgIpc) is 2.18. The van der Waals surface area contributed by atoms with Gasteiger partial charge in [0.05, 0.1) is 0 Å². The fourth-order valence-electron chi connectivity index (χ4n) is 1.56. The second-order valence-corrected chi connectivity index (χ2v) is 4.28. The molecule has 1 aromatic heterocycles. The van der Waals surface area contributed by atoms with Gasteiger partial charge in [0.2, 0.25) is 0 Å². The van der Waals surface area contributed by atoms with Crippen LogP contribution < -0.4 is 5.56 Å². The minimum absolute atomic E-state index is 0.000925. The molecule has 1 rings (SSSR count). The van der Waals surface area contributed by atoms with E-state index >= 15 is 0 Å². The SMILES string of the molecule is CC(C)Cn1cccc(CCC(=O)O)c1=O. The Balaban J connectivity index is 2.86. The number of carbonyl (C=O) groups is 1. The molecule has 1 heterocycles. The standard InChI is InChI=1S/C12H17NO3/c1-9(2)8-13-7-3-4-10(12(13)16)5-6-11(14)15/h3-4,7,9H,5-6,8H2,1-2H3,(H,14,15). The van der Waals surface area contributed by atoms with Gasteiger partial charge in [-0.1, -0.05) is 19.9 Å². The Bertz CT molecular complexity index is 421. The molecule has 4 nitrogen and oxygen atoms in total. The quantitative estimate of drug-likeness (QED) is 0.823. The summed E-state index contributed by atoms with van der Waals surface area (Å²) in [5, 5.41) is 8.57. The topological polar surface area (TPSA) is 59.3 Å². The third-order valence-electron chi connectivity index (χ3n) is 2.27. The molecule has 0 saturated heterocycles. The molecule has 0 atom stereocenters. The highest BCUT2D eigenvalue weighted by atomic mass is 16.4. The number of pyridine rings is 1. The summed E-state index contributed by atoms with van der Waals surface area (Å²) in [7, 11) is 0. The Morgan fingerprint density at radius 1 is 1.50 bits per heavy atom. The lowest BCUT2D eigenvalue weighted by Gasteiger charge is -2.09. The molecule has 0 spiro atoms. The molecule has 0 aliphatic carbocycles. The van der Waals surface area contributed by atoms with Crippen molar-refractivity contribution in [3.63, 3.8) is 0 Å². The predicted molar refractivity (Wildman–Crippen MR) is 61.5 cm³/mol. The lowest BCUT2D eigenvalue weighted by molar-refractivity contribution is -0.136. The number of aryl methyl sites for hydroxylation is 1. The molecule has 1 N–H and O–H groups in total. The Hall–Kier alpha value is -1.58. The molecular formula is C12H17NO3. The Kier molecular flexibility index (Phi) is 4.28. The van der Waals surface area contributed by atoms with E-state index in [2.05, 4.69) is 0 Å². The zero-order chi connectivity index (χ0) is 12.1. The number of nitrogens with zero attached hydrogens (tertiary/aromatic N) is 1. The molecule has 0 bridgehead atoms. The predicted octanol–water partition coefficient (Wildman–Crippen LogP) is 1.52. The number of carboxylic acid groups (broad SMARTS) is 1. The van der Waals surface area contributed by atoms with Crippen LogP contribution in [0.5, 0.6) is 0 Å². The van der Waals surface area contributed by atoms with Crippen molar-refractivity contribution in [1.29, 1.82) is 0 Å². The van der Waals surface area contributed by atoms with Crippen LogP contribution in [0.3, 0.4) is 0 Å². The first kappa shape index (κ1) is 12.5. The summed E-state index contributed by atoms with van der Waals surface area (Å²) in [5.74, 6) is -0.480. The van der Waals surface area contributed by atoms with Crippen LogP contribution in [0, 0.1) is 5.92 Å². The number of hydrogen-bond acceptors (Lipinski definition) is 2. The van der Waals surface area contributed by atoms with Crippen LogP contribution in [-0.2, 0) is 17.8 Å². The summed E-state index contributed by atoms with van der Waals surface area (Å²) in [6.07, 6.45) is 2.04. The third kappa shape index (κ3) is 3.53. The number of aromatic nitrogens is 1. The fraction of sp³-hybridized carbons (Fsp3) is 0.500. The van der Waals surface area contributed by atoms with E-state index in [0.29, 0.717) is 24.4 Å². The monoisotopic (exact) mass is 223 g/mol. The molecule has 16 heavy (non-hydrogen) atoms. The summed E-state index contributed by atoms with van der Waals surface area (Å²) < 4.78 is 1.64. The average molecular weight is 223 g/mol. The minimum Gasteiger partial charge on any atom is -0.481 e. The normalized spacial score (nSPS) is 10.7. The molecule has 0 amide bonds. The summed E-state index contributed by atoms with van der Waals surface area (Å²) in [6.45, 7) is 4.74. The van der Waals surface area contributed by atoms with Crippen LogP contribution in [0.4, 0.5) is 0 Å². The highest BCUT2D eigenvalue weighted by Gasteiger charge is 2.06. The Morgan fingerprint density at radius 2 is 2.19 bits per heavy atom. The van der Waals surface area contributed by atoms with Crippen LogP contribution >= 0.6 is 0 Å². The van der Waals surface area contributed by atoms with E-state index in [0.717, 1.165) is 0 Å². The molecule has 0 aromatic carbocycles. The van der Waals surface area contributed by atoms with Gasteiger partial charge in [0.15, 0.2) is 0 Å². The number of aliphatic carboxylic acids is 1. The van der Waals surface area contributed by atoms with E-state index in [1.807, 2.05) is 13.8 Å². The molecular weight excluding hydrogens is 206 g/mol. The number of hydrogen-bond donors (Lipinski definition) is 1. The van der Waals surface area contributed by atoms with Crippen LogP contribution in [-0.4, -0.2) is 15.6 Å². The van der Waals surface area contributed by atoms with E-state index in [1.165, 1.54) is 0 Å². The van der Waals surface area contributed by atoms with Crippen molar-refractivity contribution in [3.8, 4) is 0 Å². The highest BCUT2D eigenvalue weighted by molar-refractivity contribution is 5.67. The van der Waals surface area contributed by atoms with Gasteiger partial charge >= 0.3 is 5.97 Å². The highest BCUT2D eigenvalue weighted by Crippen LogP contribution is 2.00. The smallest absolute Gasteiger partial charge is 0.303 e. The molecule has 0 aliphatic rings. The van der Waals surface area contributed by atoms with Gasteiger partial charge in [-0.3, -0.25) is 9.59 Å². The van der Waals surface area contributed by atoms with Crippen molar-refractivity contribution in [2.24, 2.45) is 5.92 Å². The van der Waals surface area contributed by atoms with Crippen molar-refractivity contribution in [3.05, 3.63) is 34.2 Å². The van der Waals surface area contributed by atoms with E-state index < -0.39 is 5.97 Å². The molecule has 0 fully saturated rings. The van der Waals surface area contributed by atoms with Crippen LogP contribution in [0.25, 0.3) is 0 Å². The first-order chi connectivity index (χ1) is 7.50.